The molecule has 0 atom stereocenters. The van der Waals surface area contributed by atoms with Gasteiger partial charge in [-0.1, -0.05) is 60.7 Å². The van der Waals surface area contributed by atoms with Gasteiger partial charge in [0.1, 0.15) is 5.75 Å². The van der Waals surface area contributed by atoms with Crippen LogP contribution in [0.3, 0.4) is 0 Å². The first-order valence-corrected chi connectivity index (χ1v) is 11.1. The van der Waals surface area contributed by atoms with Gasteiger partial charge >= 0.3 is 6.18 Å². The highest BCUT2D eigenvalue weighted by molar-refractivity contribution is 6.17. The Kier molecular flexibility index (Phi) is 5.80. The SMILES string of the molecule is COc1ccc(-c2c(C(=O)c3ccccc3)c(C(F)(F)F)nc3c2c(C)nn3-c2ccccc2)cc1. The normalized spacial score (nSPS) is 11.6. The lowest BCUT2D eigenvalue weighted by atomic mass is 9.90. The summed E-state index contributed by atoms with van der Waals surface area (Å²) in [6.45, 7) is 1.69. The minimum atomic E-state index is -4.89. The third-order valence-corrected chi connectivity index (χ3v) is 5.90. The van der Waals surface area contributed by atoms with Gasteiger partial charge in [-0.05, 0) is 36.8 Å². The molecule has 180 valence electrons. The minimum absolute atomic E-state index is 0.0152. The van der Waals surface area contributed by atoms with E-state index < -0.39 is 23.2 Å². The van der Waals surface area contributed by atoms with Crippen LogP contribution < -0.4 is 4.74 Å². The summed E-state index contributed by atoms with van der Waals surface area (Å²) in [5, 5.41) is 4.90. The molecule has 0 saturated carbocycles. The molecule has 0 aliphatic rings. The van der Waals surface area contributed by atoms with Crippen molar-refractivity contribution in [2.45, 2.75) is 13.1 Å². The zero-order valence-electron chi connectivity index (χ0n) is 19.4. The predicted octanol–water partition coefficient (Wildman–Crippen LogP) is 6.65. The lowest BCUT2D eigenvalue weighted by molar-refractivity contribution is -0.141. The number of alkyl halides is 3. The molecule has 5 aromatic rings. The smallest absolute Gasteiger partial charge is 0.434 e. The second-order valence-corrected chi connectivity index (χ2v) is 8.16. The number of hydrogen-bond acceptors (Lipinski definition) is 4. The van der Waals surface area contributed by atoms with Gasteiger partial charge in [-0.25, -0.2) is 9.67 Å². The van der Waals surface area contributed by atoms with Gasteiger partial charge in [-0.2, -0.15) is 18.3 Å². The number of carbonyl (C=O) groups excluding carboxylic acids is 1. The summed E-state index contributed by atoms with van der Waals surface area (Å²) in [5.41, 5.74) is -0.0726. The van der Waals surface area contributed by atoms with Crippen molar-refractivity contribution in [3.8, 4) is 22.6 Å². The van der Waals surface area contributed by atoms with Crippen LogP contribution in [0.25, 0.3) is 27.8 Å². The van der Waals surface area contributed by atoms with Crippen LogP contribution in [-0.4, -0.2) is 27.7 Å². The van der Waals surface area contributed by atoms with E-state index >= 15 is 0 Å². The van der Waals surface area contributed by atoms with Crippen LogP contribution >= 0.6 is 0 Å². The monoisotopic (exact) mass is 487 g/mol. The fourth-order valence-electron chi connectivity index (χ4n) is 4.27. The largest absolute Gasteiger partial charge is 0.497 e. The van der Waals surface area contributed by atoms with Crippen LogP contribution in [-0.2, 0) is 6.18 Å². The van der Waals surface area contributed by atoms with Gasteiger partial charge in [0, 0.05) is 11.1 Å². The number of aromatic nitrogens is 3. The van der Waals surface area contributed by atoms with Gasteiger partial charge < -0.3 is 4.74 Å². The highest BCUT2D eigenvalue weighted by Crippen LogP contribution is 2.42. The molecule has 0 spiro atoms. The summed E-state index contributed by atoms with van der Waals surface area (Å²) in [6.07, 6.45) is -4.89. The molecule has 0 saturated heterocycles. The Morgan fingerprint density at radius 1 is 0.889 bits per heavy atom. The second-order valence-electron chi connectivity index (χ2n) is 8.16. The van der Waals surface area contributed by atoms with Crippen molar-refractivity contribution >= 4 is 16.8 Å². The first-order chi connectivity index (χ1) is 17.3. The molecule has 5 nitrogen and oxygen atoms in total. The molecular weight excluding hydrogens is 467 g/mol. The molecule has 0 radical (unpaired) electrons. The van der Waals surface area contributed by atoms with E-state index in [4.69, 9.17) is 4.74 Å². The number of benzene rings is 3. The predicted molar refractivity (Wildman–Crippen MR) is 130 cm³/mol. The maximum absolute atomic E-state index is 14.5. The Morgan fingerprint density at radius 2 is 1.50 bits per heavy atom. The van der Waals surface area contributed by atoms with E-state index in [-0.39, 0.29) is 16.8 Å². The number of hydrogen-bond donors (Lipinski definition) is 0. The van der Waals surface area contributed by atoms with E-state index in [1.54, 1.807) is 79.7 Å². The number of carbonyl (C=O) groups is 1. The second kappa shape index (κ2) is 8.96. The maximum atomic E-state index is 14.5. The topological polar surface area (TPSA) is 57.0 Å². The lowest BCUT2D eigenvalue weighted by Gasteiger charge is -2.18. The number of pyridine rings is 1. The van der Waals surface area contributed by atoms with Crippen LogP contribution in [0.2, 0.25) is 0 Å². The number of halogens is 3. The molecule has 36 heavy (non-hydrogen) atoms. The van der Waals surface area contributed by atoms with Crippen LogP contribution in [0, 0.1) is 6.92 Å². The van der Waals surface area contributed by atoms with E-state index in [0.29, 0.717) is 28.1 Å². The number of rotatable bonds is 5. The summed E-state index contributed by atoms with van der Waals surface area (Å²) < 4.78 is 50.2. The Balaban J connectivity index is 1.94. The molecule has 2 aromatic heterocycles. The first-order valence-electron chi connectivity index (χ1n) is 11.1. The Hall–Kier alpha value is -4.46. The number of methoxy groups -OCH3 is 1. The highest BCUT2D eigenvalue weighted by Gasteiger charge is 2.41. The zero-order chi connectivity index (χ0) is 25.4. The van der Waals surface area contributed by atoms with Crippen LogP contribution in [0.5, 0.6) is 5.75 Å². The first kappa shape index (κ1) is 23.3. The molecule has 2 heterocycles. The molecule has 0 aliphatic heterocycles. The minimum Gasteiger partial charge on any atom is -0.497 e. The lowest BCUT2D eigenvalue weighted by Crippen LogP contribution is -2.18. The third-order valence-electron chi connectivity index (χ3n) is 5.90. The van der Waals surface area contributed by atoms with Crippen molar-refractivity contribution in [2.75, 3.05) is 7.11 Å². The van der Waals surface area contributed by atoms with Gasteiger partial charge in [0.05, 0.1) is 29.4 Å². The summed E-state index contributed by atoms with van der Waals surface area (Å²) in [4.78, 5) is 17.7. The van der Waals surface area contributed by atoms with E-state index in [2.05, 4.69) is 10.1 Å². The maximum Gasteiger partial charge on any atom is 0.434 e. The average molecular weight is 487 g/mol. The van der Waals surface area contributed by atoms with Gasteiger partial charge in [-0.15, -0.1) is 0 Å². The fourth-order valence-corrected chi connectivity index (χ4v) is 4.27. The summed E-state index contributed by atoms with van der Waals surface area (Å²) in [5.74, 6) is -0.234. The van der Waals surface area contributed by atoms with Gasteiger partial charge in [0.15, 0.2) is 17.1 Å². The number of ether oxygens (including phenoxy) is 1. The molecule has 0 amide bonds. The Bertz CT molecular complexity index is 1560. The third kappa shape index (κ3) is 4.00. The van der Waals surface area contributed by atoms with Crippen molar-refractivity contribution in [3.05, 3.63) is 107 Å². The van der Waals surface area contributed by atoms with Crippen LogP contribution in [0.1, 0.15) is 27.3 Å². The quantitative estimate of drug-likeness (QED) is 0.260. The number of fused-ring (bicyclic) bond motifs is 1. The molecular formula is C28H20F3N3O2. The van der Waals surface area contributed by atoms with Gasteiger partial charge in [0.2, 0.25) is 0 Å². The van der Waals surface area contributed by atoms with Crippen molar-refractivity contribution in [3.63, 3.8) is 0 Å². The average Bonchev–Trinajstić information content (AvgIpc) is 3.24. The molecule has 5 rings (SSSR count). The summed E-state index contributed by atoms with van der Waals surface area (Å²) in [6, 6.07) is 23.2. The summed E-state index contributed by atoms with van der Waals surface area (Å²) in [7, 11) is 1.50. The zero-order valence-corrected chi connectivity index (χ0v) is 19.4. The number of aryl methyl sites for hydroxylation is 1. The van der Waals surface area contributed by atoms with Gasteiger partial charge in [0.25, 0.3) is 0 Å². The van der Waals surface area contributed by atoms with E-state index in [0.717, 1.165) is 0 Å². The number of ketones is 1. The van der Waals surface area contributed by atoms with Gasteiger partial charge in [-0.3, -0.25) is 4.79 Å². The van der Waals surface area contributed by atoms with Crippen LogP contribution in [0.15, 0.2) is 84.9 Å². The van der Waals surface area contributed by atoms with E-state index in [9.17, 15) is 18.0 Å². The Morgan fingerprint density at radius 3 is 2.08 bits per heavy atom. The van der Waals surface area contributed by atoms with Crippen molar-refractivity contribution in [1.82, 2.24) is 14.8 Å². The molecule has 0 N–H and O–H groups in total. The van der Waals surface area contributed by atoms with Crippen LogP contribution in [0.4, 0.5) is 13.2 Å². The molecule has 8 heteroatoms. The van der Waals surface area contributed by atoms with Crippen molar-refractivity contribution < 1.29 is 22.7 Å². The standard InChI is InChI=1S/C28H20F3N3O2/c1-17-22-23(18-13-15-21(36-2)16-14-18)24(25(35)19-9-5-3-6-10-19)26(28(29,30)31)32-27(22)34(33-17)20-11-7-4-8-12-20/h3-16H,1-2H3. The van der Waals surface area contributed by atoms with E-state index in [1.807, 2.05) is 0 Å². The van der Waals surface area contributed by atoms with Crippen molar-refractivity contribution in [2.24, 2.45) is 0 Å². The number of para-hydroxylation sites is 1. The number of nitrogens with zero attached hydrogens (tertiary/aromatic N) is 3. The molecule has 0 fully saturated rings. The van der Waals surface area contributed by atoms with Crippen molar-refractivity contribution in [1.29, 1.82) is 0 Å². The Labute approximate surface area is 204 Å². The fraction of sp³-hybridized carbons (Fsp3) is 0.107. The molecule has 0 bridgehead atoms. The molecule has 3 aromatic carbocycles. The van der Waals surface area contributed by atoms with E-state index in [1.165, 1.54) is 23.9 Å². The highest BCUT2D eigenvalue weighted by atomic mass is 19.4. The molecule has 0 unspecified atom stereocenters. The summed E-state index contributed by atoms with van der Waals surface area (Å²) >= 11 is 0. The molecule has 0 aliphatic carbocycles.